The molecule has 4 fully saturated rings. The molecular formula is C28H37F2NO8. The molecule has 11 heteroatoms. The van der Waals surface area contributed by atoms with Crippen LogP contribution in [0.5, 0.6) is 0 Å². The molecule has 1 aromatic rings. The number of cyclic esters (lactones) is 1. The number of rotatable bonds is 5. The van der Waals surface area contributed by atoms with Gasteiger partial charge in [-0.25, -0.2) is 13.6 Å². The Hall–Kier alpha value is -2.18. The molecule has 1 amide bonds. The van der Waals surface area contributed by atoms with E-state index < -0.39 is 84.0 Å². The minimum absolute atomic E-state index is 0.143. The second-order valence-electron chi connectivity index (χ2n) is 12.7. The van der Waals surface area contributed by atoms with Gasteiger partial charge in [0.25, 0.3) is 11.8 Å². The third kappa shape index (κ3) is 5.31. The molecule has 0 aromatic heterocycles. The van der Waals surface area contributed by atoms with Gasteiger partial charge in [0.2, 0.25) is 0 Å². The zero-order chi connectivity index (χ0) is 28.5. The molecule has 0 spiro atoms. The van der Waals surface area contributed by atoms with Crippen molar-refractivity contribution in [3.05, 3.63) is 35.9 Å². The molecule has 0 bridgehead atoms. The summed E-state index contributed by atoms with van der Waals surface area (Å²) in [6.07, 6.45) is -7.27. The van der Waals surface area contributed by atoms with Gasteiger partial charge in [-0.05, 0) is 39.8 Å². The van der Waals surface area contributed by atoms with Gasteiger partial charge in [-0.15, -0.1) is 0 Å². The quantitative estimate of drug-likeness (QED) is 0.508. The van der Waals surface area contributed by atoms with Gasteiger partial charge in [0, 0.05) is 17.4 Å². The van der Waals surface area contributed by atoms with E-state index in [-0.39, 0.29) is 12.2 Å². The molecule has 0 aliphatic carbocycles. The largest absolute Gasteiger partial charge is 0.439 e. The Bertz CT molecular complexity index is 1100. The Morgan fingerprint density at radius 1 is 0.974 bits per heavy atom. The average Bonchev–Trinajstić information content (AvgIpc) is 3.54. The number of fused-ring (bicyclic) bond motifs is 1. The van der Waals surface area contributed by atoms with E-state index >= 15 is 8.78 Å². The second kappa shape index (κ2) is 9.44. The number of halogens is 2. The Morgan fingerprint density at radius 3 is 2.21 bits per heavy atom. The molecule has 0 N–H and O–H groups in total. The number of nitrogens with zero attached hydrogens (tertiary/aromatic N) is 1. The van der Waals surface area contributed by atoms with Gasteiger partial charge in [-0.3, -0.25) is 9.69 Å². The van der Waals surface area contributed by atoms with Crippen LogP contribution in [0, 0.1) is 5.41 Å². The first kappa shape index (κ1) is 28.4. The van der Waals surface area contributed by atoms with Gasteiger partial charge in [-0.2, -0.15) is 0 Å². The van der Waals surface area contributed by atoms with E-state index in [2.05, 4.69) is 0 Å². The second-order valence-corrected chi connectivity index (χ2v) is 12.7. The minimum Gasteiger partial charge on any atom is -0.439 e. The highest BCUT2D eigenvalue weighted by Gasteiger charge is 2.66. The lowest BCUT2D eigenvalue weighted by Crippen LogP contribution is -2.52. The molecule has 0 radical (unpaired) electrons. The summed E-state index contributed by atoms with van der Waals surface area (Å²) in [6, 6.07) is 6.70. The number of hydrogen-bond donors (Lipinski definition) is 0. The predicted molar refractivity (Wildman–Crippen MR) is 133 cm³/mol. The predicted octanol–water partition coefficient (Wildman–Crippen LogP) is 3.89. The van der Waals surface area contributed by atoms with Crippen molar-refractivity contribution in [3.63, 3.8) is 0 Å². The van der Waals surface area contributed by atoms with Crippen molar-refractivity contribution in [3.8, 4) is 0 Å². The number of esters is 1. The molecule has 0 unspecified atom stereocenters. The third-order valence-electron chi connectivity index (χ3n) is 7.45. The molecule has 0 saturated carbocycles. The first-order chi connectivity index (χ1) is 18.0. The van der Waals surface area contributed by atoms with Crippen molar-refractivity contribution < 1.29 is 46.8 Å². The van der Waals surface area contributed by atoms with E-state index in [1.165, 1.54) is 0 Å². The van der Waals surface area contributed by atoms with E-state index in [4.69, 9.17) is 28.4 Å². The van der Waals surface area contributed by atoms with Gasteiger partial charge in [0.15, 0.2) is 23.9 Å². The number of alkyl halides is 2. The number of carbonyl (C=O) groups is 2. The van der Waals surface area contributed by atoms with E-state index in [1.807, 2.05) is 0 Å². The maximum Gasteiger partial charge on any atom is 0.331 e. The summed E-state index contributed by atoms with van der Waals surface area (Å²) < 4.78 is 67.4. The summed E-state index contributed by atoms with van der Waals surface area (Å²) in [4.78, 5) is 27.8. The van der Waals surface area contributed by atoms with Crippen molar-refractivity contribution >= 4 is 11.9 Å². The highest BCUT2D eigenvalue weighted by molar-refractivity contribution is 5.98. The van der Waals surface area contributed by atoms with E-state index in [1.54, 1.807) is 78.8 Å². The lowest BCUT2D eigenvalue weighted by atomic mass is 9.91. The fourth-order valence-corrected chi connectivity index (χ4v) is 5.80. The molecule has 4 aliphatic heterocycles. The minimum atomic E-state index is -3.60. The standard InChI is InChI=1S/C28H37F2NO8/c1-25(2,3)24-31(22(32)15-11-9-8-10-12-15)16(23(33)36-24)13-28(29,30)21-20-19(38-27(6,7)39-20)18(35-21)17-14-34-26(4,5)37-17/h8-12,16-21,24H,13-14H2,1-7H3/t16-,17+,18-,19+,20+,21-,24+/m0/s1. The molecule has 5 rings (SSSR count). The van der Waals surface area contributed by atoms with Crippen LogP contribution in [-0.2, 0) is 33.2 Å². The molecule has 7 atom stereocenters. The summed E-state index contributed by atoms with van der Waals surface area (Å²) in [5.41, 5.74) is -0.450. The van der Waals surface area contributed by atoms with Crippen LogP contribution in [-0.4, -0.2) is 83.7 Å². The Kier molecular flexibility index (Phi) is 6.86. The third-order valence-corrected chi connectivity index (χ3v) is 7.45. The van der Waals surface area contributed by atoms with E-state index in [0.717, 1.165) is 4.90 Å². The van der Waals surface area contributed by atoms with Crippen molar-refractivity contribution in [2.45, 2.75) is 115 Å². The molecule has 4 heterocycles. The Morgan fingerprint density at radius 2 is 1.62 bits per heavy atom. The molecule has 9 nitrogen and oxygen atoms in total. The van der Waals surface area contributed by atoms with Gasteiger partial charge >= 0.3 is 5.97 Å². The summed E-state index contributed by atoms with van der Waals surface area (Å²) in [5, 5.41) is 0. The van der Waals surface area contributed by atoms with E-state index in [9.17, 15) is 9.59 Å². The summed E-state index contributed by atoms with van der Waals surface area (Å²) in [5.74, 6) is -7.07. The first-order valence-corrected chi connectivity index (χ1v) is 13.3. The molecular weight excluding hydrogens is 516 g/mol. The molecule has 4 saturated heterocycles. The highest BCUT2D eigenvalue weighted by Crippen LogP contribution is 2.48. The molecule has 216 valence electrons. The van der Waals surface area contributed by atoms with Gasteiger partial charge in [-0.1, -0.05) is 39.0 Å². The van der Waals surface area contributed by atoms with Crippen molar-refractivity contribution in [2.75, 3.05) is 6.61 Å². The Labute approximate surface area is 227 Å². The van der Waals surface area contributed by atoms with Crippen LogP contribution in [0.15, 0.2) is 30.3 Å². The summed E-state index contributed by atoms with van der Waals surface area (Å²) >= 11 is 0. The van der Waals surface area contributed by atoms with Crippen LogP contribution >= 0.6 is 0 Å². The molecule has 1 aromatic carbocycles. The zero-order valence-electron chi connectivity index (χ0n) is 23.3. The van der Waals surface area contributed by atoms with E-state index in [0.29, 0.717) is 0 Å². The van der Waals surface area contributed by atoms with Crippen LogP contribution in [0.1, 0.15) is 65.2 Å². The van der Waals surface area contributed by atoms with Gasteiger partial charge < -0.3 is 28.4 Å². The number of ether oxygens (including phenoxy) is 6. The lowest BCUT2D eigenvalue weighted by molar-refractivity contribution is -0.237. The maximum absolute atomic E-state index is 16.2. The normalized spacial score (nSPS) is 35.8. The summed E-state index contributed by atoms with van der Waals surface area (Å²) in [6.45, 7) is 12.2. The molecule has 39 heavy (non-hydrogen) atoms. The number of carbonyl (C=O) groups excluding carboxylic acids is 2. The average molecular weight is 554 g/mol. The van der Waals surface area contributed by atoms with Gasteiger partial charge in [0.1, 0.15) is 30.5 Å². The smallest absolute Gasteiger partial charge is 0.331 e. The lowest BCUT2D eigenvalue weighted by Gasteiger charge is -2.36. The van der Waals surface area contributed by atoms with Crippen molar-refractivity contribution in [1.29, 1.82) is 0 Å². The molecule has 4 aliphatic rings. The van der Waals surface area contributed by atoms with Crippen LogP contribution in [0.3, 0.4) is 0 Å². The fraction of sp³-hybridized carbons (Fsp3) is 0.714. The summed E-state index contributed by atoms with van der Waals surface area (Å²) in [7, 11) is 0. The zero-order valence-corrected chi connectivity index (χ0v) is 23.3. The van der Waals surface area contributed by atoms with Crippen molar-refractivity contribution in [2.24, 2.45) is 5.41 Å². The number of hydrogen-bond acceptors (Lipinski definition) is 8. The Balaban J connectivity index is 1.43. The van der Waals surface area contributed by atoms with Crippen LogP contribution in [0.4, 0.5) is 8.78 Å². The monoisotopic (exact) mass is 553 g/mol. The first-order valence-electron chi connectivity index (χ1n) is 13.3. The SMILES string of the molecule is CC1(C)O[C@@H]2[C@H]([C@H]3COC(C)(C)O3)O[C@H](C(F)(F)C[C@H]3C(=O)O[C@H](C(C)(C)C)N3C(=O)c3ccccc3)[C@@H]2O1. The number of amides is 1. The number of benzene rings is 1. The highest BCUT2D eigenvalue weighted by atomic mass is 19.3. The van der Waals surface area contributed by atoms with Crippen molar-refractivity contribution in [1.82, 2.24) is 4.90 Å². The maximum atomic E-state index is 16.2. The van der Waals surface area contributed by atoms with Crippen LogP contribution < -0.4 is 0 Å². The fourth-order valence-electron chi connectivity index (χ4n) is 5.80. The topological polar surface area (TPSA) is 92.8 Å². The van der Waals surface area contributed by atoms with Crippen LogP contribution in [0.25, 0.3) is 0 Å². The van der Waals surface area contributed by atoms with Crippen LogP contribution in [0.2, 0.25) is 0 Å². The van der Waals surface area contributed by atoms with Gasteiger partial charge in [0.05, 0.1) is 6.61 Å².